The van der Waals surface area contributed by atoms with Crippen LogP contribution in [0.25, 0.3) is 0 Å². The minimum Gasteiger partial charge on any atom is -0.330 e. The number of hydrogen-bond acceptors (Lipinski definition) is 3. The van der Waals surface area contributed by atoms with E-state index in [0.29, 0.717) is 6.42 Å². The molecule has 0 aliphatic carbocycles. The minimum atomic E-state index is 0. The first-order chi connectivity index (χ1) is 7.83. The summed E-state index contributed by atoms with van der Waals surface area (Å²) in [6.45, 7) is 0.739. The second-order valence-electron chi connectivity index (χ2n) is 3.74. The SMILES string of the molecule is Cl.Cl.NCCCCCCC(=O)Nc1ccncc1. The predicted octanol–water partition coefficient (Wildman–Crippen LogP) is 2.77. The summed E-state index contributed by atoms with van der Waals surface area (Å²) in [6, 6.07) is 3.57. The van der Waals surface area contributed by atoms with Crippen LogP contribution in [-0.4, -0.2) is 17.4 Å². The highest BCUT2D eigenvalue weighted by atomic mass is 35.5. The summed E-state index contributed by atoms with van der Waals surface area (Å²) in [5.74, 6) is 0.0685. The van der Waals surface area contributed by atoms with Crippen molar-refractivity contribution in [2.24, 2.45) is 5.73 Å². The lowest BCUT2D eigenvalue weighted by Crippen LogP contribution is -2.11. The number of carbonyl (C=O) groups excluding carboxylic acids is 1. The van der Waals surface area contributed by atoms with E-state index >= 15 is 0 Å². The van der Waals surface area contributed by atoms with Gasteiger partial charge in [0.15, 0.2) is 0 Å². The molecule has 18 heavy (non-hydrogen) atoms. The van der Waals surface area contributed by atoms with E-state index in [2.05, 4.69) is 10.3 Å². The summed E-state index contributed by atoms with van der Waals surface area (Å²) < 4.78 is 0. The van der Waals surface area contributed by atoms with Gasteiger partial charge in [0.1, 0.15) is 0 Å². The van der Waals surface area contributed by atoms with E-state index in [1.165, 1.54) is 0 Å². The second kappa shape index (κ2) is 12.6. The molecule has 0 radical (unpaired) electrons. The molecule has 0 fully saturated rings. The Kier molecular flexibility index (Phi) is 13.7. The van der Waals surface area contributed by atoms with E-state index in [1.54, 1.807) is 24.5 Å². The van der Waals surface area contributed by atoms with Crippen LogP contribution in [0.4, 0.5) is 5.69 Å². The van der Waals surface area contributed by atoms with Gasteiger partial charge >= 0.3 is 0 Å². The molecular weight excluding hydrogens is 273 g/mol. The molecule has 0 saturated carbocycles. The number of halogens is 2. The van der Waals surface area contributed by atoms with Gasteiger partial charge in [-0.3, -0.25) is 9.78 Å². The largest absolute Gasteiger partial charge is 0.330 e. The zero-order valence-corrected chi connectivity index (χ0v) is 11.9. The van der Waals surface area contributed by atoms with Gasteiger partial charge in [-0.25, -0.2) is 0 Å². The molecule has 4 nitrogen and oxygen atoms in total. The highest BCUT2D eigenvalue weighted by molar-refractivity contribution is 5.90. The maximum Gasteiger partial charge on any atom is 0.224 e. The zero-order valence-electron chi connectivity index (χ0n) is 10.3. The number of nitrogens with zero attached hydrogens (tertiary/aromatic N) is 1. The normalized spacial score (nSPS) is 8.94. The van der Waals surface area contributed by atoms with Gasteiger partial charge in [-0.15, -0.1) is 24.8 Å². The fourth-order valence-corrected chi connectivity index (χ4v) is 1.44. The Balaban J connectivity index is 0. The Morgan fingerprint density at radius 2 is 1.72 bits per heavy atom. The van der Waals surface area contributed by atoms with Gasteiger partial charge in [-0.05, 0) is 31.5 Å². The van der Waals surface area contributed by atoms with Gasteiger partial charge in [0, 0.05) is 24.5 Å². The predicted molar refractivity (Wildman–Crippen MR) is 79.5 cm³/mol. The summed E-state index contributed by atoms with van der Waals surface area (Å²) in [4.78, 5) is 15.4. The number of hydrogen-bond donors (Lipinski definition) is 2. The molecule has 104 valence electrons. The van der Waals surface area contributed by atoms with Crippen LogP contribution in [0, 0.1) is 0 Å². The number of nitrogens with two attached hydrogens (primary N) is 1. The van der Waals surface area contributed by atoms with Crippen molar-refractivity contribution in [3.05, 3.63) is 24.5 Å². The highest BCUT2D eigenvalue weighted by Crippen LogP contribution is 2.07. The van der Waals surface area contributed by atoms with E-state index in [4.69, 9.17) is 5.73 Å². The van der Waals surface area contributed by atoms with E-state index in [1.807, 2.05) is 0 Å². The molecular formula is C12H21Cl2N3O. The van der Waals surface area contributed by atoms with Crippen LogP contribution in [0.5, 0.6) is 0 Å². The summed E-state index contributed by atoms with van der Waals surface area (Å²) in [7, 11) is 0. The van der Waals surface area contributed by atoms with Crippen molar-refractivity contribution in [1.82, 2.24) is 4.98 Å². The maximum absolute atomic E-state index is 11.5. The number of aromatic nitrogens is 1. The topological polar surface area (TPSA) is 68.0 Å². The van der Waals surface area contributed by atoms with E-state index in [9.17, 15) is 4.79 Å². The zero-order chi connectivity index (χ0) is 11.6. The molecule has 0 unspecified atom stereocenters. The van der Waals surface area contributed by atoms with Crippen LogP contribution in [0.2, 0.25) is 0 Å². The van der Waals surface area contributed by atoms with Crippen molar-refractivity contribution < 1.29 is 4.79 Å². The molecule has 0 atom stereocenters. The van der Waals surface area contributed by atoms with Crippen LogP contribution in [0.1, 0.15) is 32.1 Å². The molecule has 0 aliphatic heterocycles. The van der Waals surface area contributed by atoms with E-state index < -0.39 is 0 Å². The van der Waals surface area contributed by atoms with Gasteiger partial charge in [0.05, 0.1) is 0 Å². The lowest BCUT2D eigenvalue weighted by molar-refractivity contribution is -0.116. The van der Waals surface area contributed by atoms with Crippen molar-refractivity contribution in [2.75, 3.05) is 11.9 Å². The molecule has 3 N–H and O–H groups in total. The second-order valence-corrected chi connectivity index (χ2v) is 3.74. The first-order valence-corrected chi connectivity index (χ1v) is 5.73. The van der Waals surface area contributed by atoms with Crippen LogP contribution in [0.15, 0.2) is 24.5 Å². The fourth-order valence-electron chi connectivity index (χ4n) is 1.44. The van der Waals surface area contributed by atoms with Crippen molar-refractivity contribution in [2.45, 2.75) is 32.1 Å². The minimum absolute atomic E-state index is 0. The lowest BCUT2D eigenvalue weighted by Gasteiger charge is -2.04. The van der Waals surface area contributed by atoms with E-state index in [-0.39, 0.29) is 30.7 Å². The Labute approximate surface area is 121 Å². The molecule has 1 aromatic rings. The Bertz CT molecular complexity index is 309. The summed E-state index contributed by atoms with van der Waals surface area (Å²) in [6.07, 6.45) is 8.06. The van der Waals surface area contributed by atoms with Crippen LogP contribution in [-0.2, 0) is 4.79 Å². The Morgan fingerprint density at radius 3 is 2.33 bits per heavy atom. The summed E-state index contributed by atoms with van der Waals surface area (Å²) in [5.41, 5.74) is 6.19. The summed E-state index contributed by atoms with van der Waals surface area (Å²) >= 11 is 0. The van der Waals surface area contributed by atoms with E-state index in [0.717, 1.165) is 37.9 Å². The quantitative estimate of drug-likeness (QED) is 0.760. The van der Waals surface area contributed by atoms with Crippen LogP contribution >= 0.6 is 24.8 Å². The monoisotopic (exact) mass is 293 g/mol. The van der Waals surface area contributed by atoms with Gasteiger partial charge in [-0.1, -0.05) is 12.8 Å². The number of unbranched alkanes of at least 4 members (excludes halogenated alkanes) is 3. The molecule has 1 aromatic heterocycles. The average Bonchev–Trinajstić information content (AvgIpc) is 2.30. The van der Waals surface area contributed by atoms with Crippen LogP contribution < -0.4 is 11.1 Å². The molecule has 0 aliphatic rings. The molecule has 0 aromatic carbocycles. The third-order valence-corrected chi connectivity index (χ3v) is 2.32. The molecule has 0 saturated heterocycles. The molecule has 0 bridgehead atoms. The molecule has 0 spiro atoms. The lowest BCUT2D eigenvalue weighted by atomic mass is 10.1. The first kappa shape index (κ1) is 19.5. The number of anilines is 1. The van der Waals surface area contributed by atoms with Crippen molar-refractivity contribution in [1.29, 1.82) is 0 Å². The van der Waals surface area contributed by atoms with Crippen molar-refractivity contribution in [3.63, 3.8) is 0 Å². The number of pyridine rings is 1. The molecule has 6 heteroatoms. The molecule has 1 heterocycles. The average molecular weight is 294 g/mol. The highest BCUT2D eigenvalue weighted by Gasteiger charge is 2.01. The smallest absolute Gasteiger partial charge is 0.224 e. The standard InChI is InChI=1S/C12H19N3O.2ClH/c13-8-4-2-1-3-5-12(16)15-11-6-9-14-10-7-11;;/h6-7,9-10H,1-5,8,13H2,(H,14,15,16);2*1H. The van der Waals surface area contributed by atoms with Gasteiger partial charge in [-0.2, -0.15) is 0 Å². The first-order valence-electron chi connectivity index (χ1n) is 5.73. The number of carbonyl (C=O) groups is 1. The Hall–Kier alpha value is -0.840. The molecule has 1 rings (SSSR count). The van der Waals surface area contributed by atoms with Gasteiger partial charge in [0.25, 0.3) is 0 Å². The third-order valence-electron chi connectivity index (χ3n) is 2.32. The number of amides is 1. The summed E-state index contributed by atoms with van der Waals surface area (Å²) in [5, 5.41) is 2.83. The van der Waals surface area contributed by atoms with Crippen molar-refractivity contribution >= 4 is 36.4 Å². The van der Waals surface area contributed by atoms with Gasteiger partial charge < -0.3 is 11.1 Å². The van der Waals surface area contributed by atoms with Crippen LogP contribution in [0.3, 0.4) is 0 Å². The molecule has 1 amide bonds. The van der Waals surface area contributed by atoms with Gasteiger partial charge in [0.2, 0.25) is 5.91 Å². The Morgan fingerprint density at radius 1 is 1.11 bits per heavy atom. The van der Waals surface area contributed by atoms with Crippen molar-refractivity contribution in [3.8, 4) is 0 Å². The maximum atomic E-state index is 11.5. The number of rotatable bonds is 7. The number of nitrogens with one attached hydrogen (secondary N) is 1. The fraction of sp³-hybridized carbons (Fsp3) is 0.500. The third kappa shape index (κ3) is 9.22.